The Labute approximate surface area is 167 Å². The largest absolute Gasteiger partial charge is 0.335 e. The molecule has 0 bridgehead atoms. The van der Waals surface area contributed by atoms with Crippen molar-refractivity contribution in [1.82, 2.24) is 9.80 Å². The van der Waals surface area contributed by atoms with Gasteiger partial charge in [-0.05, 0) is 48.8 Å². The Kier molecular flexibility index (Phi) is 5.94. The monoisotopic (exact) mass is 382 g/mol. The normalized spacial score (nSPS) is 20.5. The average molecular weight is 383 g/mol. The lowest BCUT2D eigenvalue weighted by molar-refractivity contribution is 0.0643. The molecule has 0 spiro atoms. The fourth-order valence-corrected chi connectivity index (χ4v) is 5.49. The van der Waals surface area contributed by atoms with Gasteiger partial charge in [0.2, 0.25) is 0 Å². The van der Waals surface area contributed by atoms with Gasteiger partial charge in [0, 0.05) is 37.6 Å². The van der Waals surface area contributed by atoms with Gasteiger partial charge in [0.1, 0.15) is 0 Å². The van der Waals surface area contributed by atoms with E-state index in [2.05, 4.69) is 53.1 Å². The molecule has 144 valence electrons. The van der Waals surface area contributed by atoms with E-state index in [1.165, 1.54) is 41.7 Å². The van der Waals surface area contributed by atoms with E-state index in [1.54, 1.807) is 11.3 Å². The number of nitrogens with zero attached hydrogens (tertiary/aromatic N) is 2. The molecule has 1 aromatic carbocycles. The molecule has 0 radical (unpaired) electrons. The van der Waals surface area contributed by atoms with E-state index in [-0.39, 0.29) is 5.91 Å². The van der Waals surface area contributed by atoms with Crippen molar-refractivity contribution in [2.75, 3.05) is 32.7 Å². The van der Waals surface area contributed by atoms with Crippen LogP contribution >= 0.6 is 11.3 Å². The first-order chi connectivity index (χ1) is 13.2. The maximum atomic E-state index is 13.0. The van der Waals surface area contributed by atoms with Crippen molar-refractivity contribution in [1.29, 1.82) is 0 Å². The van der Waals surface area contributed by atoms with Crippen molar-refractivity contribution in [2.45, 2.75) is 39.0 Å². The van der Waals surface area contributed by atoms with Crippen LogP contribution in [0.15, 0.2) is 36.4 Å². The Morgan fingerprint density at radius 1 is 1.15 bits per heavy atom. The molecule has 0 N–H and O–H groups in total. The summed E-state index contributed by atoms with van der Waals surface area (Å²) in [7, 11) is 0. The number of benzene rings is 1. The van der Waals surface area contributed by atoms with E-state index in [4.69, 9.17) is 0 Å². The van der Waals surface area contributed by atoms with E-state index in [1.807, 2.05) is 0 Å². The van der Waals surface area contributed by atoms with Gasteiger partial charge in [-0.2, -0.15) is 0 Å². The molecule has 0 unspecified atom stereocenters. The summed E-state index contributed by atoms with van der Waals surface area (Å²) in [5.74, 6) is 1.06. The van der Waals surface area contributed by atoms with Crippen molar-refractivity contribution in [3.8, 4) is 0 Å². The lowest BCUT2D eigenvalue weighted by Crippen LogP contribution is -2.49. The minimum Gasteiger partial charge on any atom is -0.335 e. The van der Waals surface area contributed by atoms with Gasteiger partial charge in [0.25, 0.3) is 5.91 Å². The summed E-state index contributed by atoms with van der Waals surface area (Å²) >= 11 is 1.75. The summed E-state index contributed by atoms with van der Waals surface area (Å²) in [6.45, 7) is 7.05. The van der Waals surface area contributed by atoms with Gasteiger partial charge >= 0.3 is 0 Å². The van der Waals surface area contributed by atoms with Crippen molar-refractivity contribution in [3.05, 3.63) is 57.3 Å². The zero-order chi connectivity index (χ0) is 18.6. The first-order valence-corrected chi connectivity index (χ1v) is 11.2. The second kappa shape index (κ2) is 8.57. The van der Waals surface area contributed by atoms with Gasteiger partial charge in [-0.3, -0.25) is 9.69 Å². The topological polar surface area (TPSA) is 23.6 Å². The summed E-state index contributed by atoms with van der Waals surface area (Å²) in [5, 5.41) is 0. The molecule has 1 aromatic heterocycles. The zero-order valence-electron chi connectivity index (χ0n) is 16.3. The summed E-state index contributed by atoms with van der Waals surface area (Å²) in [6.07, 6.45) is 5.97. The van der Waals surface area contributed by atoms with E-state index >= 15 is 0 Å². The van der Waals surface area contributed by atoms with Crippen LogP contribution in [0.1, 0.15) is 45.4 Å². The first-order valence-electron chi connectivity index (χ1n) is 10.4. The number of hydrogen-bond donors (Lipinski definition) is 0. The number of carbonyl (C=O) groups is 1. The second-order valence-electron chi connectivity index (χ2n) is 7.95. The van der Waals surface area contributed by atoms with Crippen LogP contribution in [0.5, 0.6) is 0 Å². The van der Waals surface area contributed by atoms with Crippen LogP contribution in [0.4, 0.5) is 0 Å². The number of aryl methyl sites for hydroxylation is 1. The number of fused-ring (bicyclic) bond motifs is 1. The zero-order valence-corrected chi connectivity index (χ0v) is 17.1. The van der Waals surface area contributed by atoms with Crippen molar-refractivity contribution < 1.29 is 4.79 Å². The smallest absolute Gasteiger partial charge is 0.264 e. The highest BCUT2D eigenvalue weighted by Crippen LogP contribution is 2.34. The Morgan fingerprint density at radius 2 is 1.93 bits per heavy atom. The SMILES string of the molecule is CC[C@@H]1CCc2sc(C(=O)N3CCN(CCc4ccccc4)CC3)cc2C1. The number of rotatable bonds is 5. The van der Waals surface area contributed by atoms with Crippen LogP contribution in [-0.4, -0.2) is 48.4 Å². The molecule has 0 saturated carbocycles. The molecule has 2 aliphatic rings. The third-order valence-corrected chi connectivity index (χ3v) is 7.42. The summed E-state index contributed by atoms with van der Waals surface area (Å²) in [4.78, 5) is 20.0. The van der Waals surface area contributed by atoms with E-state index in [0.29, 0.717) is 0 Å². The summed E-state index contributed by atoms with van der Waals surface area (Å²) in [5.41, 5.74) is 2.84. The molecule has 3 nitrogen and oxygen atoms in total. The number of hydrogen-bond acceptors (Lipinski definition) is 3. The molecular formula is C23H30N2OS. The number of amides is 1. The highest BCUT2D eigenvalue weighted by atomic mass is 32.1. The van der Waals surface area contributed by atoms with Crippen LogP contribution in [0.25, 0.3) is 0 Å². The van der Waals surface area contributed by atoms with Gasteiger partial charge in [-0.25, -0.2) is 0 Å². The molecule has 1 saturated heterocycles. The van der Waals surface area contributed by atoms with Gasteiger partial charge in [0.05, 0.1) is 4.88 Å². The molecule has 1 aliphatic heterocycles. The maximum absolute atomic E-state index is 13.0. The number of carbonyl (C=O) groups excluding carboxylic acids is 1. The Bertz CT molecular complexity index is 762. The lowest BCUT2D eigenvalue weighted by Gasteiger charge is -2.34. The van der Waals surface area contributed by atoms with E-state index in [9.17, 15) is 4.79 Å². The Hall–Kier alpha value is -1.65. The summed E-state index contributed by atoms with van der Waals surface area (Å²) < 4.78 is 0. The fraction of sp³-hybridized carbons (Fsp3) is 0.522. The van der Waals surface area contributed by atoms with Crippen LogP contribution < -0.4 is 0 Å². The summed E-state index contributed by atoms with van der Waals surface area (Å²) in [6, 6.07) is 12.9. The minimum atomic E-state index is 0.255. The van der Waals surface area contributed by atoms with Gasteiger partial charge < -0.3 is 4.90 Å². The average Bonchev–Trinajstić information content (AvgIpc) is 3.16. The molecular weight excluding hydrogens is 352 g/mol. The highest BCUT2D eigenvalue weighted by molar-refractivity contribution is 7.14. The maximum Gasteiger partial charge on any atom is 0.264 e. The third kappa shape index (κ3) is 4.44. The fourth-order valence-electron chi connectivity index (χ4n) is 4.32. The predicted octanol–water partition coefficient (Wildman–Crippen LogP) is 4.26. The molecule has 1 aliphatic carbocycles. The Morgan fingerprint density at radius 3 is 2.67 bits per heavy atom. The van der Waals surface area contributed by atoms with Crippen LogP contribution in [0.3, 0.4) is 0 Å². The first kappa shape index (κ1) is 18.7. The molecule has 2 aromatic rings. The quantitative estimate of drug-likeness (QED) is 0.771. The van der Waals surface area contributed by atoms with Gasteiger partial charge in [-0.15, -0.1) is 11.3 Å². The minimum absolute atomic E-state index is 0.255. The number of thiophene rings is 1. The standard InChI is InChI=1S/C23H30N2OS/c1-2-18-8-9-21-20(16-18)17-22(27-21)23(26)25-14-12-24(13-15-25)11-10-19-6-4-3-5-7-19/h3-7,17-18H,2,8-16H2,1H3/t18-/m1/s1. The van der Waals surface area contributed by atoms with Crippen LogP contribution in [-0.2, 0) is 19.3 Å². The molecule has 27 heavy (non-hydrogen) atoms. The number of piperazine rings is 1. The molecule has 2 heterocycles. The molecule has 4 heteroatoms. The molecule has 1 amide bonds. The van der Waals surface area contributed by atoms with E-state index in [0.717, 1.165) is 49.9 Å². The van der Waals surface area contributed by atoms with E-state index < -0.39 is 0 Å². The Balaban J connectivity index is 1.29. The predicted molar refractivity (Wildman–Crippen MR) is 113 cm³/mol. The van der Waals surface area contributed by atoms with Gasteiger partial charge in [-0.1, -0.05) is 43.7 Å². The van der Waals surface area contributed by atoms with Crippen LogP contribution in [0, 0.1) is 5.92 Å². The van der Waals surface area contributed by atoms with Crippen molar-refractivity contribution in [3.63, 3.8) is 0 Å². The van der Waals surface area contributed by atoms with Crippen molar-refractivity contribution >= 4 is 17.2 Å². The molecule has 1 fully saturated rings. The third-order valence-electron chi connectivity index (χ3n) is 6.19. The second-order valence-corrected chi connectivity index (χ2v) is 9.08. The lowest BCUT2D eigenvalue weighted by atomic mass is 9.87. The van der Waals surface area contributed by atoms with Crippen molar-refractivity contribution in [2.24, 2.45) is 5.92 Å². The molecule has 4 rings (SSSR count). The van der Waals surface area contributed by atoms with Crippen LogP contribution in [0.2, 0.25) is 0 Å². The molecule has 1 atom stereocenters. The highest BCUT2D eigenvalue weighted by Gasteiger charge is 2.26. The van der Waals surface area contributed by atoms with Gasteiger partial charge in [0.15, 0.2) is 0 Å².